The van der Waals surface area contributed by atoms with E-state index < -0.39 is 0 Å². The van der Waals surface area contributed by atoms with Crippen molar-refractivity contribution >= 4 is 34.4 Å². The first-order chi connectivity index (χ1) is 15.6. The van der Waals surface area contributed by atoms with Crippen molar-refractivity contribution in [1.29, 1.82) is 0 Å². The number of thioether (sulfide) groups is 1. The molecule has 2 aromatic heterocycles. The highest BCUT2D eigenvalue weighted by molar-refractivity contribution is 7.98. The lowest BCUT2D eigenvalue weighted by atomic mass is 10.1. The summed E-state index contributed by atoms with van der Waals surface area (Å²) in [5.41, 5.74) is 4.43. The predicted molar refractivity (Wildman–Crippen MR) is 133 cm³/mol. The molecule has 0 saturated heterocycles. The Morgan fingerprint density at radius 1 is 1.12 bits per heavy atom. The Bertz CT molecular complexity index is 1270. The van der Waals surface area contributed by atoms with Gasteiger partial charge in [-0.05, 0) is 36.6 Å². The third-order valence-electron chi connectivity index (χ3n) is 5.26. The molecule has 0 unspecified atom stereocenters. The molecule has 0 aliphatic rings. The first-order valence-corrected chi connectivity index (χ1v) is 12.0. The molecule has 166 valence electrons. The van der Waals surface area contributed by atoms with E-state index in [1.54, 1.807) is 16.3 Å². The Hall–Kier alpha value is -2.54. The normalized spacial score (nSPS) is 11.3. The van der Waals surface area contributed by atoms with Crippen LogP contribution in [0.15, 0.2) is 70.7 Å². The minimum absolute atomic E-state index is 0.0234. The summed E-state index contributed by atoms with van der Waals surface area (Å²) >= 11 is 7.71. The van der Waals surface area contributed by atoms with Gasteiger partial charge in [0, 0.05) is 49.3 Å². The molecule has 4 aromatic rings. The van der Waals surface area contributed by atoms with E-state index in [-0.39, 0.29) is 5.56 Å². The predicted octanol–water partition coefficient (Wildman–Crippen LogP) is 5.77. The molecule has 0 amide bonds. The number of hydrogen-bond acceptors (Lipinski definition) is 4. The number of ether oxygens (including phenoxy) is 1. The summed E-state index contributed by atoms with van der Waals surface area (Å²) in [6.45, 7) is 3.81. The van der Waals surface area contributed by atoms with Gasteiger partial charge < -0.3 is 9.30 Å². The lowest BCUT2D eigenvalue weighted by molar-refractivity contribution is 0.140. The number of rotatable bonds is 9. The SMILES string of the molecule is CCOCCCn1c(SCc2cccc(Cl)c2)nc2c(-c3ccccc3)cn(C)c2c1=O. The van der Waals surface area contributed by atoms with Gasteiger partial charge >= 0.3 is 0 Å². The number of fused-ring (bicyclic) bond motifs is 1. The number of benzene rings is 2. The van der Waals surface area contributed by atoms with E-state index in [2.05, 4.69) is 0 Å². The zero-order valence-corrected chi connectivity index (χ0v) is 19.8. The molecule has 0 atom stereocenters. The fourth-order valence-electron chi connectivity index (χ4n) is 3.73. The van der Waals surface area contributed by atoms with Crippen LogP contribution in [-0.2, 0) is 24.1 Å². The minimum atomic E-state index is -0.0234. The standard InChI is InChI=1S/C25H26ClN3O2S/c1-3-31-14-8-13-29-24(30)23-22(21(16-28(23)2)19-10-5-4-6-11-19)27-25(29)32-17-18-9-7-12-20(26)15-18/h4-7,9-12,15-16H,3,8,13-14,17H2,1-2H3. The Balaban J connectivity index is 1.77. The third kappa shape index (κ3) is 4.93. The van der Waals surface area contributed by atoms with Crippen molar-refractivity contribution in [2.75, 3.05) is 13.2 Å². The van der Waals surface area contributed by atoms with Crippen LogP contribution < -0.4 is 5.56 Å². The highest BCUT2D eigenvalue weighted by Gasteiger charge is 2.18. The Kier molecular flexibility index (Phi) is 7.35. The highest BCUT2D eigenvalue weighted by Crippen LogP contribution is 2.30. The molecule has 32 heavy (non-hydrogen) atoms. The fraction of sp³-hybridized carbons (Fsp3) is 0.280. The van der Waals surface area contributed by atoms with Gasteiger partial charge in [0.15, 0.2) is 5.16 Å². The van der Waals surface area contributed by atoms with Crippen molar-refractivity contribution in [3.05, 3.63) is 81.7 Å². The van der Waals surface area contributed by atoms with E-state index in [1.165, 1.54) is 0 Å². The van der Waals surface area contributed by atoms with Crippen molar-refractivity contribution in [2.45, 2.75) is 30.8 Å². The average molecular weight is 468 g/mol. The average Bonchev–Trinajstić information content (AvgIpc) is 3.13. The molecule has 5 nitrogen and oxygen atoms in total. The first-order valence-electron chi connectivity index (χ1n) is 10.7. The first kappa shape index (κ1) is 22.6. The van der Waals surface area contributed by atoms with Crippen LogP contribution in [0, 0.1) is 0 Å². The van der Waals surface area contributed by atoms with E-state index in [0.717, 1.165) is 28.6 Å². The van der Waals surface area contributed by atoms with Crippen LogP contribution in [0.4, 0.5) is 0 Å². The lowest BCUT2D eigenvalue weighted by Crippen LogP contribution is -2.25. The Labute approximate surface area is 197 Å². The summed E-state index contributed by atoms with van der Waals surface area (Å²) in [6.07, 6.45) is 2.74. The zero-order valence-electron chi connectivity index (χ0n) is 18.3. The van der Waals surface area contributed by atoms with Crippen LogP contribution in [0.25, 0.3) is 22.2 Å². The van der Waals surface area contributed by atoms with Crippen molar-refractivity contribution in [1.82, 2.24) is 14.1 Å². The summed E-state index contributed by atoms with van der Waals surface area (Å²) in [5, 5.41) is 1.41. The summed E-state index contributed by atoms with van der Waals surface area (Å²) in [6, 6.07) is 17.9. The second kappa shape index (κ2) is 10.4. The van der Waals surface area contributed by atoms with Gasteiger partial charge in [-0.15, -0.1) is 0 Å². The summed E-state index contributed by atoms with van der Waals surface area (Å²) in [7, 11) is 1.90. The molecular formula is C25H26ClN3O2S. The molecule has 0 spiro atoms. The van der Waals surface area contributed by atoms with Crippen molar-refractivity contribution in [2.24, 2.45) is 7.05 Å². The van der Waals surface area contributed by atoms with Crippen molar-refractivity contribution in [3.8, 4) is 11.1 Å². The van der Waals surface area contributed by atoms with Gasteiger partial charge in [0.05, 0.1) is 0 Å². The molecule has 4 rings (SSSR count). The van der Waals surface area contributed by atoms with Gasteiger partial charge in [-0.3, -0.25) is 9.36 Å². The summed E-state index contributed by atoms with van der Waals surface area (Å²) in [4.78, 5) is 18.6. The van der Waals surface area contributed by atoms with Crippen LogP contribution in [0.5, 0.6) is 0 Å². The minimum Gasteiger partial charge on any atom is -0.382 e. The Morgan fingerprint density at radius 3 is 2.69 bits per heavy atom. The molecule has 0 bridgehead atoms. The van der Waals surface area contributed by atoms with Gasteiger partial charge in [-0.25, -0.2) is 4.98 Å². The van der Waals surface area contributed by atoms with E-state index in [0.29, 0.717) is 41.2 Å². The van der Waals surface area contributed by atoms with E-state index in [9.17, 15) is 4.79 Å². The van der Waals surface area contributed by atoms with E-state index in [1.807, 2.05) is 79.3 Å². The maximum atomic E-state index is 13.6. The smallest absolute Gasteiger partial charge is 0.278 e. The van der Waals surface area contributed by atoms with Crippen LogP contribution in [0.1, 0.15) is 18.9 Å². The summed E-state index contributed by atoms with van der Waals surface area (Å²) in [5.74, 6) is 0.678. The van der Waals surface area contributed by atoms with E-state index >= 15 is 0 Å². The molecular weight excluding hydrogens is 442 g/mol. The van der Waals surface area contributed by atoms with Crippen LogP contribution in [0.3, 0.4) is 0 Å². The topological polar surface area (TPSA) is 49.0 Å². The van der Waals surface area contributed by atoms with Crippen molar-refractivity contribution < 1.29 is 4.74 Å². The van der Waals surface area contributed by atoms with Gasteiger partial charge in [0.25, 0.3) is 5.56 Å². The molecule has 0 fully saturated rings. The largest absolute Gasteiger partial charge is 0.382 e. The van der Waals surface area contributed by atoms with Crippen LogP contribution in [0.2, 0.25) is 5.02 Å². The molecule has 2 heterocycles. The second-order valence-corrected chi connectivity index (χ2v) is 8.92. The molecule has 0 radical (unpaired) electrons. The van der Waals surface area contributed by atoms with Gasteiger partial charge in [-0.1, -0.05) is 65.8 Å². The monoisotopic (exact) mass is 467 g/mol. The van der Waals surface area contributed by atoms with Crippen LogP contribution in [-0.4, -0.2) is 27.3 Å². The second-order valence-electron chi connectivity index (χ2n) is 7.54. The maximum absolute atomic E-state index is 13.6. The highest BCUT2D eigenvalue weighted by atomic mass is 35.5. The third-order valence-corrected chi connectivity index (χ3v) is 6.54. The van der Waals surface area contributed by atoms with Crippen molar-refractivity contribution in [3.63, 3.8) is 0 Å². The zero-order chi connectivity index (χ0) is 22.5. The van der Waals surface area contributed by atoms with E-state index in [4.69, 9.17) is 21.3 Å². The molecule has 7 heteroatoms. The number of aromatic nitrogens is 3. The molecule has 2 aromatic carbocycles. The number of halogens is 1. The molecule has 0 saturated carbocycles. The Morgan fingerprint density at radius 2 is 1.94 bits per heavy atom. The summed E-state index contributed by atoms with van der Waals surface area (Å²) < 4.78 is 9.16. The van der Waals surface area contributed by atoms with Gasteiger partial charge in [0.2, 0.25) is 0 Å². The molecule has 0 N–H and O–H groups in total. The fourth-order valence-corrected chi connectivity index (χ4v) is 4.90. The van der Waals surface area contributed by atoms with Gasteiger partial charge in [0.1, 0.15) is 11.0 Å². The maximum Gasteiger partial charge on any atom is 0.278 e. The molecule has 0 aliphatic carbocycles. The number of nitrogens with zero attached hydrogens (tertiary/aromatic N) is 3. The molecule has 0 aliphatic heterocycles. The quantitative estimate of drug-likeness (QED) is 0.178. The number of aryl methyl sites for hydroxylation is 1. The lowest BCUT2D eigenvalue weighted by Gasteiger charge is -2.13. The van der Waals surface area contributed by atoms with Crippen LogP contribution >= 0.6 is 23.4 Å². The van der Waals surface area contributed by atoms with Gasteiger partial charge in [-0.2, -0.15) is 0 Å². The number of hydrogen-bond donors (Lipinski definition) is 0.